The van der Waals surface area contributed by atoms with E-state index in [0.29, 0.717) is 6.61 Å². The molecule has 100 valence electrons. The standard InChI is InChI=1S/C14H23N3O/c1-4-18-13-7-5-6-12(16-13)10-17-9-8-15-14(2,3)11-17/h5-7,15H,4,8-11H2,1-3H3. The van der Waals surface area contributed by atoms with E-state index in [1.807, 2.05) is 19.1 Å². The van der Waals surface area contributed by atoms with Gasteiger partial charge in [-0.05, 0) is 26.8 Å². The zero-order valence-electron chi connectivity index (χ0n) is 11.6. The van der Waals surface area contributed by atoms with E-state index in [-0.39, 0.29) is 5.54 Å². The molecular formula is C14H23N3O. The van der Waals surface area contributed by atoms with Crippen molar-refractivity contribution < 1.29 is 4.74 Å². The lowest BCUT2D eigenvalue weighted by molar-refractivity contribution is 0.146. The summed E-state index contributed by atoms with van der Waals surface area (Å²) in [6, 6.07) is 5.99. The van der Waals surface area contributed by atoms with Crippen LogP contribution in [0.5, 0.6) is 5.88 Å². The number of aromatic nitrogens is 1. The van der Waals surface area contributed by atoms with E-state index in [1.165, 1.54) is 0 Å². The van der Waals surface area contributed by atoms with Crippen molar-refractivity contribution in [3.63, 3.8) is 0 Å². The van der Waals surface area contributed by atoms with E-state index >= 15 is 0 Å². The first kappa shape index (κ1) is 13.3. The van der Waals surface area contributed by atoms with E-state index in [4.69, 9.17) is 4.74 Å². The fourth-order valence-electron chi connectivity index (χ4n) is 2.38. The van der Waals surface area contributed by atoms with Gasteiger partial charge in [-0.25, -0.2) is 4.98 Å². The fraction of sp³-hybridized carbons (Fsp3) is 0.643. The van der Waals surface area contributed by atoms with Crippen LogP contribution < -0.4 is 10.1 Å². The second-order valence-corrected chi connectivity index (χ2v) is 5.42. The topological polar surface area (TPSA) is 37.4 Å². The highest BCUT2D eigenvalue weighted by molar-refractivity contribution is 5.16. The minimum absolute atomic E-state index is 0.190. The number of nitrogens with zero attached hydrogens (tertiary/aromatic N) is 2. The lowest BCUT2D eigenvalue weighted by Crippen LogP contribution is -2.56. The van der Waals surface area contributed by atoms with Gasteiger partial charge in [0.25, 0.3) is 0 Å². The van der Waals surface area contributed by atoms with Gasteiger partial charge in [0.1, 0.15) is 0 Å². The third-order valence-corrected chi connectivity index (χ3v) is 3.11. The molecule has 0 radical (unpaired) electrons. The summed E-state index contributed by atoms with van der Waals surface area (Å²) in [4.78, 5) is 6.96. The van der Waals surface area contributed by atoms with Gasteiger partial charge in [0.15, 0.2) is 0 Å². The molecule has 0 amide bonds. The maximum atomic E-state index is 5.43. The molecule has 1 aromatic rings. The van der Waals surface area contributed by atoms with Crippen molar-refractivity contribution in [1.82, 2.24) is 15.2 Å². The van der Waals surface area contributed by atoms with Gasteiger partial charge in [-0.15, -0.1) is 0 Å². The van der Waals surface area contributed by atoms with Gasteiger partial charge in [0.05, 0.1) is 12.3 Å². The zero-order valence-corrected chi connectivity index (χ0v) is 11.6. The number of hydrogen-bond acceptors (Lipinski definition) is 4. The summed E-state index contributed by atoms with van der Waals surface area (Å²) >= 11 is 0. The molecule has 1 aliphatic rings. The molecule has 1 aliphatic heterocycles. The maximum absolute atomic E-state index is 5.43. The Bertz CT molecular complexity index is 392. The molecule has 18 heavy (non-hydrogen) atoms. The Morgan fingerprint density at radius 2 is 2.28 bits per heavy atom. The number of hydrogen-bond donors (Lipinski definition) is 1. The molecule has 1 saturated heterocycles. The summed E-state index contributed by atoms with van der Waals surface area (Å²) in [7, 11) is 0. The third kappa shape index (κ3) is 3.68. The predicted molar refractivity (Wildman–Crippen MR) is 72.8 cm³/mol. The molecule has 4 heteroatoms. The van der Waals surface area contributed by atoms with Gasteiger partial charge in [0, 0.05) is 37.8 Å². The van der Waals surface area contributed by atoms with Crippen LogP contribution in [0.3, 0.4) is 0 Å². The van der Waals surface area contributed by atoms with Gasteiger partial charge >= 0.3 is 0 Å². The quantitative estimate of drug-likeness (QED) is 0.880. The minimum Gasteiger partial charge on any atom is -0.478 e. The average Bonchev–Trinajstić information content (AvgIpc) is 2.28. The van der Waals surface area contributed by atoms with Crippen LogP contribution in [0.1, 0.15) is 26.5 Å². The van der Waals surface area contributed by atoms with E-state index < -0.39 is 0 Å². The Balaban J connectivity index is 1.98. The molecule has 2 rings (SSSR count). The highest BCUT2D eigenvalue weighted by Crippen LogP contribution is 2.14. The van der Waals surface area contributed by atoms with E-state index in [1.54, 1.807) is 0 Å². The molecule has 0 aromatic carbocycles. The molecule has 0 spiro atoms. The van der Waals surface area contributed by atoms with E-state index in [9.17, 15) is 0 Å². The lowest BCUT2D eigenvalue weighted by atomic mass is 10.0. The first-order valence-electron chi connectivity index (χ1n) is 6.65. The van der Waals surface area contributed by atoms with Crippen LogP contribution >= 0.6 is 0 Å². The summed E-state index contributed by atoms with van der Waals surface area (Å²) < 4.78 is 5.43. The van der Waals surface area contributed by atoms with Crippen LogP contribution in [0.2, 0.25) is 0 Å². The number of pyridine rings is 1. The lowest BCUT2D eigenvalue weighted by Gasteiger charge is -2.38. The van der Waals surface area contributed by atoms with Gasteiger partial charge < -0.3 is 10.1 Å². The van der Waals surface area contributed by atoms with E-state index in [0.717, 1.165) is 37.8 Å². The maximum Gasteiger partial charge on any atom is 0.213 e. The average molecular weight is 249 g/mol. The molecule has 2 heterocycles. The second-order valence-electron chi connectivity index (χ2n) is 5.42. The SMILES string of the molecule is CCOc1cccc(CN2CCNC(C)(C)C2)n1. The minimum atomic E-state index is 0.190. The van der Waals surface area contributed by atoms with Crippen LogP contribution in [0.15, 0.2) is 18.2 Å². The molecule has 1 aromatic heterocycles. The Morgan fingerprint density at radius 3 is 3.00 bits per heavy atom. The number of piperazine rings is 1. The third-order valence-electron chi connectivity index (χ3n) is 3.11. The van der Waals surface area contributed by atoms with Crippen LogP contribution in [-0.4, -0.2) is 41.7 Å². The van der Waals surface area contributed by atoms with Crippen molar-refractivity contribution in [2.45, 2.75) is 32.9 Å². The van der Waals surface area contributed by atoms with E-state index in [2.05, 4.69) is 35.1 Å². The Hall–Kier alpha value is -1.13. The molecule has 0 bridgehead atoms. The van der Waals surface area contributed by atoms with Crippen LogP contribution in [0.25, 0.3) is 0 Å². The Morgan fingerprint density at radius 1 is 1.44 bits per heavy atom. The summed E-state index contributed by atoms with van der Waals surface area (Å²) in [6.45, 7) is 11.2. The fourth-order valence-corrected chi connectivity index (χ4v) is 2.38. The molecule has 4 nitrogen and oxygen atoms in total. The largest absolute Gasteiger partial charge is 0.478 e. The summed E-state index contributed by atoms with van der Waals surface area (Å²) in [6.07, 6.45) is 0. The first-order valence-corrected chi connectivity index (χ1v) is 6.65. The van der Waals surface area contributed by atoms with Crippen molar-refractivity contribution in [2.24, 2.45) is 0 Å². The van der Waals surface area contributed by atoms with Crippen LogP contribution in [0, 0.1) is 0 Å². The molecular weight excluding hydrogens is 226 g/mol. The molecule has 1 fully saturated rings. The molecule has 1 N–H and O–H groups in total. The van der Waals surface area contributed by atoms with Crippen molar-refractivity contribution in [3.05, 3.63) is 23.9 Å². The first-order chi connectivity index (χ1) is 8.59. The normalized spacial score (nSPS) is 19.7. The Kier molecular flexibility index (Phi) is 4.19. The van der Waals surface area contributed by atoms with Crippen LogP contribution in [0.4, 0.5) is 0 Å². The zero-order chi connectivity index (χ0) is 13.0. The number of nitrogens with one attached hydrogen (secondary N) is 1. The predicted octanol–water partition coefficient (Wildman–Crippen LogP) is 1.66. The highest BCUT2D eigenvalue weighted by atomic mass is 16.5. The second kappa shape index (κ2) is 5.67. The molecule has 0 aliphatic carbocycles. The van der Waals surface area contributed by atoms with Crippen LogP contribution in [-0.2, 0) is 6.54 Å². The molecule has 0 atom stereocenters. The smallest absolute Gasteiger partial charge is 0.213 e. The van der Waals surface area contributed by atoms with Crippen molar-refractivity contribution >= 4 is 0 Å². The monoisotopic (exact) mass is 249 g/mol. The summed E-state index contributed by atoms with van der Waals surface area (Å²) in [5.41, 5.74) is 1.27. The molecule has 0 saturated carbocycles. The van der Waals surface area contributed by atoms with Crippen molar-refractivity contribution in [3.8, 4) is 5.88 Å². The van der Waals surface area contributed by atoms with Gasteiger partial charge in [-0.2, -0.15) is 0 Å². The van der Waals surface area contributed by atoms with Crippen molar-refractivity contribution in [1.29, 1.82) is 0 Å². The summed E-state index contributed by atoms with van der Waals surface area (Å²) in [5, 5.41) is 3.52. The Labute approximate surface area is 109 Å². The van der Waals surface area contributed by atoms with Gasteiger partial charge in [-0.3, -0.25) is 4.90 Å². The molecule has 0 unspecified atom stereocenters. The highest BCUT2D eigenvalue weighted by Gasteiger charge is 2.25. The number of ether oxygens (including phenoxy) is 1. The summed E-state index contributed by atoms with van der Waals surface area (Å²) in [5.74, 6) is 0.726. The van der Waals surface area contributed by atoms with Gasteiger partial charge in [-0.1, -0.05) is 6.07 Å². The number of rotatable bonds is 4. The van der Waals surface area contributed by atoms with Gasteiger partial charge in [0.2, 0.25) is 5.88 Å². The van der Waals surface area contributed by atoms with Crippen molar-refractivity contribution in [2.75, 3.05) is 26.2 Å².